The molecule has 80 valence electrons. The van der Waals surface area contributed by atoms with E-state index in [9.17, 15) is 4.79 Å². The summed E-state index contributed by atoms with van der Waals surface area (Å²) < 4.78 is 0. The van der Waals surface area contributed by atoms with Crippen LogP contribution >= 0.6 is 11.8 Å². The fourth-order valence-electron chi connectivity index (χ4n) is 1.27. The number of nitrogens with two attached hydrogens (primary N) is 1. The Hall–Kier alpha value is -1.81. The first-order valence-electron chi connectivity index (χ1n) is 4.74. The topological polar surface area (TPSA) is 56.0 Å². The van der Waals surface area contributed by atoms with Crippen molar-refractivity contribution in [2.24, 2.45) is 5.73 Å². The molecule has 0 aliphatic heterocycles. The van der Waals surface area contributed by atoms with Gasteiger partial charge in [0.05, 0.1) is 5.56 Å². The molecule has 0 saturated heterocycles. The minimum Gasteiger partial charge on any atom is -0.366 e. The van der Waals surface area contributed by atoms with Gasteiger partial charge in [-0.15, -0.1) is 0 Å². The molecule has 0 aliphatic rings. The second-order valence-corrected chi connectivity index (χ2v) is 4.27. The van der Waals surface area contributed by atoms with Crippen LogP contribution in [0.5, 0.6) is 0 Å². The highest BCUT2D eigenvalue weighted by Crippen LogP contribution is 2.29. The van der Waals surface area contributed by atoms with Crippen LogP contribution in [0.4, 0.5) is 0 Å². The lowest BCUT2D eigenvalue weighted by atomic mass is 10.3. The number of rotatable bonds is 3. The zero-order valence-electron chi connectivity index (χ0n) is 8.46. The molecule has 1 amide bonds. The number of pyridine rings is 1. The van der Waals surface area contributed by atoms with E-state index in [0.717, 1.165) is 9.79 Å². The van der Waals surface area contributed by atoms with Gasteiger partial charge in [-0.2, -0.15) is 0 Å². The smallest absolute Gasteiger partial charge is 0.251 e. The van der Waals surface area contributed by atoms with Gasteiger partial charge in [0.2, 0.25) is 0 Å². The summed E-state index contributed by atoms with van der Waals surface area (Å²) in [5, 5.41) is 0. The molecule has 0 radical (unpaired) electrons. The molecule has 4 heteroatoms. The van der Waals surface area contributed by atoms with Gasteiger partial charge in [-0.05, 0) is 18.2 Å². The molecule has 0 atom stereocenters. The van der Waals surface area contributed by atoms with Crippen molar-refractivity contribution in [3.05, 3.63) is 54.4 Å². The fraction of sp³-hybridized carbons (Fsp3) is 0. The number of benzene rings is 1. The van der Waals surface area contributed by atoms with Gasteiger partial charge in [0.15, 0.2) is 0 Å². The van der Waals surface area contributed by atoms with Crippen molar-refractivity contribution in [2.75, 3.05) is 0 Å². The summed E-state index contributed by atoms with van der Waals surface area (Å²) in [7, 11) is 0. The van der Waals surface area contributed by atoms with Gasteiger partial charge in [-0.3, -0.25) is 9.78 Å². The van der Waals surface area contributed by atoms with Crippen molar-refractivity contribution in [1.29, 1.82) is 0 Å². The van der Waals surface area contributed by atoms with Crippen molar-refractivity contribution < 1.29 is 4.79 Å². The minimum absolute atomic E-state index is 0.452. The average Bonchev–Trinajstić information content (AvgIpc) is 2.31. The molecule has 2 rings (SSSR count). The van der Waals surface area contributed by atoms with Crippen molar-refractivity contribution in [3.63, 3.8) is 0 Å². The van der Waals surface area contributed by atoms with E-state index in [-0.39, 0.29) is 0 Å². The highest BCUT2D eigenvalue weighted by Gasteiger charge is 2.08. The maximum absolute atomic E-state index is 11.2. The number of nitrogens with zero attached hydrogens (tertiary/aromatic N) is 1. The van der Waals surface area contributed by atoms with Crippen LogP contribution in [0, 0.1) is 0 Å². The van der Waals surface area contributed by atoms with Crippen LogP contribution in [0.25, 0.3) is 0 Å². The summed E-state index contributed by atoms with van der Waals surface area (Å²) in [6, 6.07) is 11.6. The largest absolute Gasteiger partial charge is 0.366 e. The van der Waals surface area contributed by atoms with Gasteiger partial charge in [0.25, 0.3) is 5.91 Å². The third kappa shape index (κ3) is 2.41. The van der Waals surface area contributed by atoms with Crippen molar-refractivity contribution >= 4 is 17.7 Å². The number of primary amides is 1. The molecule has 0 saturated carbocycles. The molecular formula is C12H10N2OS. The molecule has 2 aromatic rings. The number of hydrogen-bond acceptors (Lipinski definition) is 3. The summed E-state index contributed by atoms with van der Waals surface area (Å²) in [4.78, 5) is 17.0. The maximum Gasteiger partial charge on any atom is 0.251 e. The zero-order valence-corrected chi connectivity index (χ0v) is 9.28. The summed E-state index contributed by atoms with van der Waals surface area (Å²) in [5.41, 5.74) is 5.73. The van der Waals surface area contributed by atoms with E-state index in [2.05, 4.69) is 4.98 Å². The molecule has 2 N–H and O–H groups in total. The van der Waals surface area contributed by atoms with Crippen LogP contribution in [0.3, 0.4) is 0 Å². The molecule has 0 spiro atoms. The predicted octanol–water partition coefficient (Wildman–Crippen LogP) is 2.33. The van der Waals surface area contributed by atoms with Gasteiger partial charge >= 0.3 is 0 Å². The molecule has 1 aromatic heterocycles. The minimum atomic E-state index is -0.452. The van der Waals surface area contributed by atoms with E-state index < -0.39 is 5.91 Å². The van der Waals surface area contributed by atoms with Gasteiger partial charge < -0.3 is 5.73 Å². The molecule has 0 unspecified atom stereocenters. The summed E-state index contributed by atoms with van der Waals surface area (Å²) in [6.07, 6.45) is 3.14. The van der Waals surface area contributed by atoms with Gasteiger partial charge in [0.1, 0.15) is 0 Å². The molecule has 1 aromatic carbocycles. The first kappa shape index (κ1) is 10.7. The molecule has 0 bridgehead atoms. The summed E-state index contributed by atoms with van der Waals surface area (Å²) in [6.45, 7) is 0. The molecule has 16 heavy (non-hydrogen) atoms. The highest BCUT2D eigenvalue weighted by atomic mass is 32.2. The molecule has 3 nitrogen and oxygen atoms in total. The van der Waals surface area contributed by atoms with Crippen molar-refractivity contribution in [1.82, 2.24) is 4.98 Å². The Morgan fingerprint density at radius 2 is 1.94 bits per heavy atom. The van der Waals surface area contributed by atoms with Gasteiger partial charge in [0, 0.05) is 22.2 Å². The first-order chi connectivity index (χ1) is 7.77. The Morgan fingerprint density at radius 3 is 2.62 bits per heavy atom. The van der Waals surface area contributed by atoms with Gasteiger partial charge in [-0.1, -0.05) is 30.0 Å². The Bertz CT molecular complexity index is 499. The van der Waals surface area contributed by atoms with Crippen LogP contribution in [-0.2, 0) is 0 Å². The normalized spacial score (nSPS) is 10.0. The Labute approximate surface area is 97.7 Å². The van der Waals surface area contributed by atoms with E-state index in [1.165, 1.54) is 18.0 Å². The fourth-order valence-corrected chi connectivity index (χ4v) is 2.21. The summed E-state index contributed by atoms with van der Waals surface area (Å²) in [5.74, 6) is -0.452. The maximum atomic E-state index is 11.2. The number of aromatic nitrogens is 1. The van der Waals surface area contributed by atoms with Crippen LogP contribution in [0.2, 0.25) is 0 Å². The number of amides is 1. The van der Waals surface area contributed by atoms with Crippen LogP contribution in [0.15, 0.2) is 58.6 Å². The van der Waals surface area contributed by atoms with E-state index >= 15 is 0 Å². The number of carbonyl (C=O) groups is 1. The lowest BCUT2D eigenvalue weighted by Gasteiger charge is -2.04. The standard InChI is InChI=1S/C12H10N2OS/c13-12(15)10-8-14-7-6-11(10)16-9-4-2-1-3-5-9/h1-8H,(H2,13,15). The van der Waals surface area contributed by atoms with E-state index in [1.54, 1.807) is 12.3 Å². The van der Waals surface area contributed by atoms with E-state index in [0.29, 0.717) is 5.56 Å². The van der Waals surface area contributed by atoms with Crippen LogP contribution in [-0.4, -0.2) is 10.9 Å². The number of hydrogen-bond donors (Lipinski definition) is 1. The second kappa shape index (κ2) is 4.81. The second-order valence-electron chi connectivity index (χ2n) is 3.15. The van der Waals surface area contributed by atoms with E-state index in [1.807, 2.05) is 30.3 Å². The monoisotopic (exact) mass is 230 g/mol. The van der Waals surface area contributed by atoms with Crippen LogP contribution < -0.4 is 5.73 Å². The third-order valence-electron chi connectivity index (χ3n) is 2.02. The first-order valence-corrected chi connectivity index (χ1v) is 5.56. The van der Waals surface area contributed by atoms with E-state index in [4.69, 9.17) is 5.73 Å². The van der Waals surface area contributed by atoms with Crippen molar-refractivity contribution in [3.8, 4) is 0 Å². The van der Waals surface area contributed by atoms with Gasteiger partial charge in [-0.25, -0.2) is 0 Å². The average molecular weight is 230 g/mol. The lowest BCUT2D eigenvalue weighted by Crippen LogP contribution is -2.12. The molecule has 1 heterocycles. The van der Waals surface area contributed by atoms with Crippen molar-refractivity contribution in [2.45, 2.75) is 9.79 Å². The highest BCUT2D eigenvalue weighted by molar-refractivity contribution is 7.99. The number of carbonyl (C=O) groups excluding carboxylic acids is 1. The zero-order chi connectivity index (χ0) is 11.4. The molecule has 0 fully saturated rings. The SMILES string of the molecule is NC(=O)c1cnccc1Sc1ccccc1. The summed E-state index contributed by atoms with van der Waals surface area (Å²) >= 11 is 1.50. The Morgan fingerprint density at radius 1 is 1.19 bits per heavy atom. The molecule has 0 aliphatic carbocycles. The predicted molar refractivity (Wildman–Crippen MR) is 63.3 cm³/mol. The quantitative estimate of drug-likeness (QED) is 0.880. The lowest BCUT2D eigenvalue weighted by molar-refractivity contribution is 0.0997. The molecular weight excluding hydrogens is 220 g/mol. The third-order valence-corrected chi connectivity index (χ3v) is 3.10. The van der Waals surface area contributed by atoms with Crippen LogP contribution in [0.1, 0.15) is 10.4 Å². The Balaban J connectivity index is 2.31. The Kier molecular flexibility index (Phi) is 3.22.